The van der Waals surface area contributed by atoms with Crippen LogP contribution in [0.4, 0.5) is 18.9 Å². The third-order valence-electron chi connectivity index (χ3n) is 5.29. The zero-order chi connectivity index (χ0) is 22.9. The van der Waals surface area contributed by atoms with Crippen LogP contribution < -0.4 is 5.32 Å². The van der Waals surface area contributed by atoms with E-state index in [1.165, 1.54) is 29.2 Å². The standard InChI is InChI=1S/C23H22F3N3OS2/c1-15(29-9-7-28(2)8-10-29)3-4-16-11-18(31-14-16)13-21-22(30)27-19-12-17(23(24,25)26)5-6-20(19)32-21/h3-6,11-14H,1,7-10H2,2H3,(H,27,30)/b4-3+,21-13-. The topological polar surface area (TPSA) is 35.6 Å². The predicted octanol–water partition coefficient (Wildman–Crippen LogP) is 5.63. The Kier molecular flexibility index (Phi) is 6.50. The number of amides is 1. The van der Waals surface area contributed by atoms with Gasteiger partial charge in [-0.1, -0.05) is 24.4 Å². The van der Waals surface area contributed by atoms with Crippen LogP contribution in [0.2, 0.25) is 0 Å². The van der Waals surface area contributed by atoms with Crippen molar-refractivity contribution in [3.63, 3.8) is 0 Å². The number of piperazine rings is 1. The number of rotatable bonds is 4. The highest BCUT2D eigenvalue weighted by Gasteiger charge is 2.32. The van der Waals surface area contributed by atoms with Crippen LogP contribution in [0, 0.1) is 0 Å². The van der Waals surface area contributed by atoms with Gasteiger partial charge in [0.05, 0.1) is 16.2 Å². The Morgan fingerprint density at radius 3 is 2.66 bits per heavy atom. The number of halogens is 3. The van der Waals surface area contributed by atoms with E-state index >= 15 is 0 Å². The predicted molar refractivity (Wildman–Crippen MR) is 125 cm³/mol. The molecule has 2 aliphatic heterocycles. The molecule has 168 valence electrons. The van der Waals surface area contributed by atoms with Gasteiger partial charge >= 0.3 is 6.18 Å². The highest BCUT2D eigenvalue weighted by atomic mass is 32.2. The van der Waals surface area contributed by atoms with Crippen molar-refractivity contribution in [3.05, 3.63) is 68.9 Å². The summed E-state index contributed by atoms with van der Waals surface area (Å²) in [5.41, 5.74) is 1.39. The fourth-order valence-corrected chi connectivity index (χ4v) is 5.19. The molecule has 0 spiro atoms. The number of fused-ring (bicyclic) bond motifs is 1. The monoisotopic (exact) mass is 477 g/mol. The molecule has 1 N–H and O–H groups in total. The van der Waals surface area contributed by atoms with Crippen LogP contribution >= 0.6 is 23.1 Å². The van der Waals surface area contributed by atoms with E-state index in [0.717, 1.165) is 54.4 Å². The minimum atomic E-state index is -4.45. The molecular formula is C23H22F3N3OS2. The first kappa shape index (κ1) is 22.7. The molecule has 1 aromatic carbocycles. The largest absolute Gasteiger partial charge is 0.416 e. The maximum atomic E-state index is 12.9. The Hall–Kier alpha value is -2.49. The molecule has 3 heterocycles. The van der Waals surface area contributed by atoms with Crippen LogP contribution in [-0.2, 0) is 11.0 Å². The van der Waals surface area contributed by atoms with Gasteiger partial charge in [0.2, 0.25) is 0 Å². The van der Waals surface area contributed by atoms with Crippen molar-refractivity contribution < 1.29 is 18.0 Å². The third-order valence-corrected chi connectivity index (χ3v) is 7.29. The van der Waals surface area contributed by atoms with Crippen molar-refractivity contribution in [2.45, 2.75) is 11.1 Å². The number of carbonyl (C=O) groups is 1. The maximum absolute atomic E-state index is 12.9. The fourth-order valence-electron chi connectivity index (χ4n) is 3.39. The second kappa shape index (κ2) is 9.17. The van der Waals surface area contributed by atoms with E-state index in [-0.39, 0.29) is 5.69 Å². The third kappa shape index (κ3) is 5.28. The van der Waals surface area contributed by atoms with E-state index in [9.17, 15) is 18.0 Å². The first-order valence-corrected chi connectivity index (χ1v) is 11.7. The second-order valence-electron chi connectivity index (χ2n) is 7.67. The molecule has 2 aromatic rings. The molecule has 2 aliphatic rings. The summed E-state index contributed by atoms with van der Waals surface area (Å²) in [5, 5.41) is 4.57. The molecule has 32 heavy (non-hydrogen) atoms. The first-order chi connectivity index (χ1) is 15.2. The van der Waals surface area contributed by atoms with Gasteiger partial charge in [-0.2, -0.15) is 13.2 Å². The van der Waals surface area contributed by atoms with Gasteiger partial charge in [0.25, 0.3) is 5.91 Å². The number of hydrogen-bond acceptors (Lipinski definition) is 5. The van der Waals surface area contributed by atoms with Gasteiger partial charge < -0.3 is 15.1 Å². The van der Waals surface area contributed by atoms with Gasteiger partial charge in [0.15, 0.2) is 0 Å². The van der Waals surface area contributed by atoms with Crippen LogP contribution in [0.5, 0.6) is 0 Å². The molecule has 1 fully saturated rings. The summed E-state index contributed by atoms with van der Waals surface area (Å²) >= 11 is 2.67. The molecule has 1 amide bonds. The Morgan fingerprint density at radius 2 is 1.94 bits per heavy atom. The number of nitrogens with zero attached hydrogens (tertiary/aromatic N) is 2. The van der Waals surface area contributed by atoms with Gasteiger partial charge in [-0.3, -0.25) is 4.79 Å². The number of benzene rings is 1. The molecule has 0 saturated carbocycles. The zero-order valence-corrected chi connectivity index (χ0v) is 19.0. The van der Waals surface area contributed by atoms with E-state index in [4.69, 9.17) is 0 Å². The number of allylic oxidation sites excluding steroid dienone is 1. The van der Waals surface area contributed by atoms with Crippen LogP contribution in [0.1, 0.15) is 16.0 Å². The Labute approximate surface area is 193 Å². The smallest absolute Gasteiger partial charge is 0.369 e. The van der Waals surface area contributed by atoms with E-state index in [1.807, 2.05) is 23.6 Å². The van der Waals surface area contributed by atoms with Crippen molar-refractivity contribution in [2.24, 2.45) is 0 Å². The molecule has 4 rings (SSSR count). The summed E-state index contributed by atoms with van der Waals surface area (Å²) in [7, 11) is 2.11. The summed E-state index contributed by atoms with van der Waals surface area (Å²) in [6.45, 7) is 8.11. The van der Waals surface area contributed by atoms with Gasteiger partial charge in [0, 0.05) is 41.6 Å². The van der Waals surface area contributed by atoms with Crippen LogP contribution in [0.25, 0.3) is 12.2 Å². The molecule has 1 saturated heterocycles. The minimum absolute atomic E-state index is 0.184. The molecule has 0 atom stereocenters. The SMILES string of the molecule is C=C(/C=C/c1csc(/C=C2\Sc3ccc(C(F)(F)F)cc3NC2=O)c1)N1CCN(C)CC1. The zero-order valence-electron chi connectivity index (χ0n) is 17.4. The normalized spacial score (nSPS) is 18.8. The van der Waals surface area contributed by atoms with Gasteiger partial charge in [-0.05, 0) is 54.4 Å². The summed E-state index contributed by atoms with van der Waals surface area (Å²) in [6.07, 6.45) is 1.32. The number of anilines is 1. The molecule has 0 unspecified atom stereocenters. The number of thiophene rings is 1. The lowest BCUT2D eigenvalue weighted by molar-refractivity contribution is -0.137. The maximum Gasteiger partial charge on any atom is 0.416 e. The molecule has 0 radical (unpaired) electrons. The van der Waals surface area contributed by atoms with E-state index in [0.29, 0.717) is 9.80 Å². The Morgan fingerprint density at radius 1 is 1.19 bits per heavy atom. The molecule has 4 nitrogen and oxygen atoms in total. The minimum Gasteiger partial charge on any atom is -0.369 e. The summed E-state index contributed by atoms with van der Waals surface area (Å²) < 4.78 is 38.7. The Balaban J connectivity index is 1.44. The first-order valence-electron chi connectivity index (χ1n) is 10.0. The van der Waals surface area contributed by atoms with E-state index in [1.54, 1.807) is 6.08 Å². The molecule has 1 aromatic heterocycles. The van der Waals surface area contributed by atoms with Gasteiger partial charge in [0.1, 0.15) is 0 Å². The highest BCUT2D eigenvalue weighted by molar-refractivity contribution is 8.04. The van der Waals surface area contributed by atoms with E-state index < -0.39 is 17.6 Å². The number of hydrogen-bond donors (Lipinski definition) is 1. The van der Waals surface area contributed by atoms with Crippen molar-refractivity contribution in [1.29, 1.82) is 0 Å². The number of thioether (sulfide) groups is 1. The summed E-state index contributed by atoms with van der Waals surface area (Å²) in [5.74, 6) is -0.407. The second-order valence-corrected chi connectivity index (χ2v) is 9.70. The fraction of sp³-hybridized carbons (Fsp3) is 0.261. The van der Waals surface area contributed by atoms with Crippen molar-refractivity contribution >= 4 is 46.8 Å². The van der Waals surface area contributed by atoms with Crippen molar-refractivity contribution in [1.82, 2.24) is 9.80 Å². The summed E-state index contributed by atoms with van der Waals surface area (Å²) in [4.78, 5) is 18.9. The molecular weight excluding hydrogens is 455 g/mol. The molecule has 0 aliphatic carbocycles. The van der Waals surface area contributed by atoms with Gasteiger partial charge in [-0.25, -0.2) is 0 Å². The average molecular weight is 478 g/mol. The molecule has 9 heteroatoms. The summed E-state index contributed by atoms with van der Waals surface area (Å²) in [6, 6.07) is 5.37. The number of alkyl halides is 3. The number of carbonyl (C=O) groups excluding carboxylic acids is 1. The van der Waals surface area contributed by atoms with Crippen LogP contribution in [0.3, 0.4) is 0 Å². The van der Waals surface area contributed by atoms with Crippen molar-refractivity contribution in [3.8, 4) is 0 Å². The van der Waals surface area contributed by atoms with Gasteiger partial charge in [-0.15, -0.1) is 11.3 Å². The lowest BCUT2D eigenvalue weighted by Crippen LogP contribution is -2.43. The lowest BCUT2D eigenvalue weighted by atomic mass is 10.2. The quantitative estimate of drug-likeness (QED) is 0.458. The molecule has 0 bridgehead atoms. The number of nitrogens with one attached hydrogen (secondary N) is 1. The highest BCUT2D eigenvalue weighted by Crippen LogP contribution is 2.42. The average Bonchev–Trinajstić information content (AvgIpc) is 3.19. The lowest BCUT2D eigenvalue weighted by Gasteiger charge is -2.34. The van der Waals surface area contributed by atoms with E-state index in [2.05, 4.69) is 28.7 Å². The number of likely N-dealkylation sites (N-methyl/N-ethyl adjacent to an activating group) is 1. The van der Waals surface area contributed by atoms with Crippen LogP contribution in [-0.4, -0.2) is 48.9 Å². The van der Waals surface area contributed by atoms with Crippen LogP contribution in [0.15, 0.2) is 57.8 Å². The van der Waals surface area contributed by atoms with Crippen molar-refractivity contribution in [2.75, 3.05) is 38.5 Å². The Bertz CT molecular complexity index is 1100.